The molecule has 0 aliphatic heterocycles. The Hall–Kier alpha value is -3.86. The summed E-state index contributed by atoms with van der Waals surface area (Å²) in [5.41, 5.74) is 9.04. The number of carbonyl (C=O) groups excluding carboxylic acids is 1. The van der Waals surface area contributed by atoms with Gasteiger partial charge in [0.15, 0.2) is 0 Å². The Morgan fingerprint density at radius 1 is 1.00 bits per heavy atom. The molecule has 1 amide bonds. The Labute approximate surface area is 187 Å². The van der Waals surface area contributed by atoms with Crippen LogP contribution in [0.25, 0.3) is 10.9 Å². The second-order valence-corrected chi connectivity index (χ2v) is 8.09. The molecule has 5 heteroatoms. The summed E-state index contributed by atoms with van der Waals surface area (Å²) >= 11 is 0. The smallest absolute Gasteiger partial charge is 0.271 e. The van der Waals surface area contributed by atoms with Crippen molar-refractivity contribution in [2.75, 3.05) is 0 Å². The molecule has 0 unspecified atom stereocenters. The molecule has 0 bridgehead atoms. The van der Waals surface area contributed by atoms with Crippen molar-refractivity contribution in [3.05, 3.63) is 101 Å². The third-order valence-corrected chi connectivity index (χ3v) is 5.87. The van der Waals surface area contributed by atoms with Gasteiger partial charge in [0.05, 0.1) is 6.21 Å². The highest BCUT2D eigenvalue weighted by Gasteiger charge is 2.16. The minimum Gasteiger partial charge on any atom is -0.489 e. The van der Waals surface area contributed by atoms with Gasteiger partial charge in [-0.1, -0.05) is 30.3 Å². The van der Waals surface area contributed by atoms with E-state index in [9.17, 15) is 4.79 Å². The van der Waals surface area contributed by atoms with E-state index in [4.69, 9.17) is 4.74 Å². The van der Waals surface area contributed by atoms with Crippen molar-refractivity contribution in [1.29, 1.82) is 0 Å². The van der Waals surface area contributed by atoms with Crippen molar-refractivity contribution in [2.24, 2.45) is 5.10 Å². The van der Waals surface area contributed by atoms with Crippen molar-refractivity contribution in [3.8, 4) is 5.75 Å². The molecular weight excluding hydrogens is 398 g/mol. The third kappa shape index (κ3) is 4.42. The number of benzene rings is 3. The molecule has 0 spiro atoms. The van der Waals surface area contributed by atoms with E-state index in [1.54, 1.807) is 6.21 Å². The summed E-state index contributed by atoms with van der Waals surface area (Å²) in [6, 6.07) is 23.5. The van der Waals surface area contributed by atoms with E-state index in [-0.39, 0.29) is 5.91 Å². The second kappa shape index (κ2) is 9.10. The molecule has 5 rings (SSSR count). The van der Waals surface area contributed by atoms with Crippen LogP contribution in [-0.4, -0.2) is 17.1 Å². The number of ether oxygens (including phenoxy) is 1. The van der Waals surface area contributed by atoms with Crippen molar-refractivity contribution < 1.29 is 9.53 Å². The Kier molecular flexibility index (Phi) is 5.71. The van der Waals surface area contributed by atoms with Crippen LogP contribution in [0.3, 0.4) is 0 Å². The normalized spacial score (nSPS) is 13.2. The zero-order chi connectivity index (χ0) is 21.8. The van der Waals surface area contributed by atoms with Gasteiger partial charge < -0.3 is 9.72 Å². The summed E-state index contributed by atoms with van der Waals surface area (Å²) in [7, 11) is 0. The first-order valence-corrected chi connectivity index (χ1v) is 11.0. The molecule has 1 aliphatic rings. The van der Waals surface area contributed by atoms with Crippen LogP contribution in [0.2, 0.25) is 0 Å². The third-order valence-electron chi connectivity index (χ3n) is 5.87. The van der Waals surface area contributed by atoms with Crippen LogP contribution in [0.4, 0.5) is 0 Å². The van der Waals surface area contributed by atoms with E-state index in [2.05, 4.69) is 15.5 Å². The average Bonchev–Trinajstić information content (AvgIpc) is 3.22. The van der Waals surface area contributed by atoms with Crippen LogP contribution in [0.15, 0.2) is 77.9 Å². The van der Waals surface area contributed by atoms with Crippen LogP contribution in [-0.2, 0) is 19.4 Å². The number of amides is 1. The minimum absolute atomic E-state index is 0.211. The van der Waals surface area contributed by atoms with Gasteiger partial charge in [-0.25, -0.2) is 5.43 Å². The maximum Gasteiger partial charge on any atom is 0.271 e. The molecule has 160 valence electrons. The van der Waals surface area contributed by atoms with Gasteiger partial charge in [-0.3, -0.25) is 4.79 Å². The number of H-pyrrole nitrogens is 1. The van der Waals surface area contributed by atoms with E-state index in [0.29, 0.717) is 12.2 Å². The van der Waals surface area contributed by atoms with E-state index in [0.717, 1.165) is 40.6 Å². The molecule has 1 aliphatic carbocycles. The number of aryl methyl sites for hydroxylation is 2. The highest BCUT2D eigenvalue weighted by molar-refractivity contribution is 5.99. The summed E-state index contributed by atoms with van der Waals surface area (Å²) in [5, 5.41) is 5.28. The summed E-state index contributed by atoms with van der Waals surface area (Å²) in [6.45, 7) is 0.527. The number of hydrogen-bond donors (Lipinski definition) is 2. The zero-order valence-corrected chi connectivity index (χ0v) is 17.8. The molecule has 0 radical (unpaired) electrons. The van der Waals surface area contributed by atoms with Gasteiger partial charge >= 0.3 is 0 Å². The van der Waals surface area contributed by atoms with Crippen molar-refractivity contribution in [1.82, 2.24) is 10.4 Å². The summed E-state index contributed by atoms with van der Waals surface area (Å²) in [4.78, 5) is 16.1. The van der Waals surface area contributed by atoms with Gasteiger partial charge in [0.2, 0.25) is 0 Å². The Morgan fingerprint density at radius 3 is 2.66 bits per heavy atom. The van der Waals surface area contributed by atoms with Gasteiger partial charge in [-0.2, -0.15) is 5.10 Å². The van der Waals surface area contributed by atoms with Gasteiger partial charge in [0, 0.05) is 22.2 Å². The number of nitrogens with zero attached hydrogens (tertiary/aromatic N) is 1. The lowest BCUT2D eigenvalue weighted by atomic mass is 9.95. The highest BCUT2D eigenvalue weighted by atomic mass is 16.5. The quantitative estimate of drug-likeness (QED) is 0.323. The largest absolute Gasteiger partial charge is 0.489 e. The fourth-order valence-electron chi connectivity index (χ4n) is 4.17. The van der Waals surface area contributed by atoms with E-state index >= 15 is 0 Å². The first-order chi connectivity index (χ1) is 15.8. The molecule has 5 nitrogen and oxygen atoms in total. The van der Waals surface area contributed by atoms with Crippen LogP contribution in [0, 0.1) is 0 Å². The first-order valence-electron chi connectivity index (χ1n) is 11.0. The molecule has 1 aromatic heterocycles. The molecule has 32 heavy (non-hydrogen) atoms. The Bertz CT molecular complexity index is 1260. The number of carbonyl (C=O) groups is 1. The van der Waals surface area contributed by atoms with Gasteiger partial charge in [0.1, 0.15) is 12.4 Å². The standard InChI is InChI=1S/C27H25N3O2/c31-27(21-12-15-26-24(16-21)23-8-4-5-9-25(23)29-26)30-28-17-19-10-13-22(14-11-19)32-18-20-6-2-1-3-7-20/h1-3,6-7,10-17,29H,4-5,8-9,18H2,(H,30,31)/b28-17+. The lowest BCUT2D eigenvalue weighted by Gasteiger charge is -2.10. The van der Waals surface area contributed by atoms with Crippen LogP contribution in [0.1, 0.15) is 45.6 Å². The fraction of sp³-hybridized carbons (Fsp3) is 0.185. The fourth-order valence-corrected chi connectivity index (χ4v) is 4.17. The van der Waals surface area contributed by atoms with Crippen LogP contribution < -0.4 is 10.2 Å². The number of aromatic nitrogens is 1. The second-order valence-electron chi connectivity index (χ2n) is 8.09. The van der Waals surface area contributed by atoms with E-state index < -0.39 is 0 Å². The topological polar surface area (TPSA) is 66.5 Å². The van der Waals surface area contributed by atoms with Crippen molar-refractivity contribution in [2.45, 2.75) is 32.3 Å². The van der Waals surface area contributed by atoms with Gasteiger partial charge in [-0.05, 0) is 84.8 Å². The van der Waals surface area contributed by atoms with Crippen LogP contribution >= 0.6 is 0 Å². The number of hydrogen-bond acceptors (Lipinski definition) is 3. The van der Waals surface area contributed by atoms with Gasteiger partial charge in [0.25, 0.3) is 5.91 Å². The monoisotopic (exact) mass is 423 g/mol. The average molecular weight is 424 g/mol. The highest BCUT2D eigenvalue weighted by Crippen LogP contribution is 2.29. The van der Waals surface area contributed by atoms with E-state index in [1.165, 1.54) is 24.1 Å². The van der Waals surface area contributed by atoms with Crippen molar-refractivity contribution >= 4 is 23.0 Å². The zero-order valence-electron chi connectivity index (χ0n) is 17.8. The summed E-state index contributed by atoms with van der Waals surface area (Å²) < 4.78 is 5.80. The predicted octanol–water partition coefficient (Wildman–Crippen LogP) is 5.39. The molecule has 2 N–H and O–H groups in total. The number of fused-ring (bicyclic) bond motifs is 3. The Balaban J connectivity index is 1.20. The molecule has 0 fully saturated rings. The van der Waals surface area contributed by atoms with Crippen molar-refractivity contribution in [3.63, 3.8) is 0 Å². The maximum absolute atomic E-state index is 12.6. The molecular formula is C27H25N3O2. The molecule has 1 heterocycles. The first kappa shape index (κ1) is 20.1. The lowest BCUT2D eigenvalue weighted by molar-refractivity contribution is 0.0955. The van der Waals surface area contributed by atoms with Crippen LogP contribution in [0.5, 0.6) is 5.75 Å². The Morgan fingerprint density at radius 2 is 1.81 bits per heavy atom. The summed E-state index contributed by atoms with van der Waals surface area (Å²) in [5.74, 6) is 0.579. The molecule has 0 saturated heterocycles. The maximum atomic E-state index is 12.6. The van der Waals surface area contributed by atoms with E-state index in [1.807, 2.05) is 72.8 Å². The summed E-state index contributed by atoms with van der Waals surface area (Å²) in [6.07, 6.45) is 6.23. The number of rotatable bonds is 6. The minimum atomic E-state index is -0.211. The predicted molar refractivity (Wildman–Crippen MR) is 127 cm³/mol. The number of aromatic amines is 1. The molecule has 3 aromatic carbocycles. The SMILES string of the molecule is O=C(N/N=C/c1ccc(OCc2ccccc2)cc1)c1ccc2[nH]c3c(c2c1)CCCC3. The molecule has 0 atom stereocenters. The van der Waals surface area contributed by atoms with Gasteiger partial charge in [-0.15, -0.1) is 0 Å². The molecule has 4 aromatic rings. The number of nitrogens with one attached hydrogen (secondary N) is 2. The number of hydrazone groups is 1. The molecule has 0 saturated carbocycles. The lowest BCUT2D eigenvalue weighted by Crippen LogP contribution is -2.17.